The van der Waals surface area contributed by atoms with E-state index in [4.69, 9.17) is 14.2 Å². The molecule has 1 atom stereocenters. The predicted molar refractivity (Wildman–Crippen MR) is 227 cm³/mol. The molecule has 0 bridgehead atoms. The molecular weight excluding hydrogens is 807 g/mol. The van der Waals surface area contributed by atoms with E-state index in [2.05, 4.69) is 5.32 Å². The molecule has 15 heteroatoms. The summed E-state index contributed by atoms with van der Waals surface area (Å²) in [7, 11) is -5.27. The standard InChI is InChI=1S/C45H45N3O10S2/c1-28-10-20-39(56-4)41(24-28)59(52,53)47-22-6-8-32-12-14-34(26-37(32)47)43(49)46-36-18-16-31(17-19-36)30(3)44(50)58-45(51)35-15-13-33-9-7-23-48(38(33)27-35)60(54,55)42-25-29(2)11-21-40(42)57-5/h10-21,24-27,30H,6-9,22-23H2,1-5H3,(H,46,49). The number of hydrogen-bond donors (Lipinski definition) is 1. The first-order valence-electron chi connectivity index (χ1n) is 19.4. The summed E-state index contributed by atoms with van der Waals surface area (Å²) in [5.41, 5.74) is 5.01. The van der Waals surface area contributed by atoms with Crippen LogP contribution in [0.1, 0.15) is 74.2 Å². The molecule has 0 spiro atoms. The van der Waals surface area contributed by atoms with E-state index < -0.39 is 43.8 Å². The minimum absolute atomic E-state index is 0.0132. The summed E-state index contributed by atoms with van der Waals surface area (Å²) < 4.78 is 74.4. The van der Waals surface area contributed by atoms with E-state index in [1.807, 2.05) is 0 Å². The summed E-state index contributed by atoms with van der Waals surface area (Å²) in [6, 6.07) is 26.0. The summed E-state index contributed by atoms with van der Waals surface area (Å²) in [5, 5.41) is 2.83. The van der Waals surface area contributed by atoms with Crippen LogP contribution in [0.15, 0.2) is 107 Å². The van der Waals surface area contributed by atoms with Gasteiger partial charge in [-0.2, -0.15) is 0 Å². The van der Waals surface area contributed by atoms with Crippen molar-refractivity contribution in [3.63, 3.8) is 0 Å². The lowest BCUT2D eigenvalue weighted by Crippen LogP contribution is -2.36. The molecule has 0 radical (unpaired) electrons. The van der Waals surface area contributed by atoms with E-state index in [0.29, 0.717) is 48.3 Å². The van der Waals surface area contributed by atoms with Crippen molar-refractivity contribution in [1.29, 1.82) is 0 Å². The summed E-state index contributed by atoms with van der Waals surface area (Å²) in [5.74, 6) is -2.65. The highest BCUT2D eigenvalue weighted by Gasteiger charge is 2.34. The Morgan fingerprint density at radius 3 is 1.62 bits per heavy atom. The third-order valence-corrected chi connectivity index (χ3v) is 14.5. The number of carbonyl (C=O) groups is 3. The van der Waals surface area contributed by atoms with Gasteiger partial charge in [0.2, 0.25) is 0 Å². The first kappa shape index (κ1) is 42.0. The number of rotatable bonds is 11. The molecule has 0 saturated heterocycles. The molecule has 1 unspecified atom stereocenters. The second-order valence-electron chi connectivity index (χ2n) is 14.9. The molecule has 5 aromatic carbocycles. The van der Waals surface area contributed by atoms with Crippen molar-refractivity contribution in [1.82, 2.24) is 0 Å². The van der Waals surface area contributed by atoms with Crippen LogP contribution < -0.4 is 23.4 Å². The Kier molecular flexibility index (Phi) is 11.8. The van der Waals surface area contributed by atoms with Crippen LogP contribution in [0, 0.1) is 13.8 Å². The molecule has 312 valence electrons. The molecule has 60 heavy (non-hydrogen) atoms. The number of aryl methyl sites for hydroxylation is 4. The molecule has 7 rings (SSSR count). The second kappa shape index (κ2) is 16.8. The molecule has 0 aliphatic carbocycles. The number of nitrogens with one attached hydrogen (secondary N) is 1. The predicted octanol–water partition coefficient (Wildman–Crippen LogP) is 7.34. The van der Waals surface area contributed by atoms with Gasteiger partial charge >= 0.3 is 11.9 Å². The molecule has 13 nitrogen and oxygen atoms in total. The number of carbonyl (C=O) groups excluding carboxylic acids is 3. The molecular formula is C45H45N3O10S2. The van der Waals surface area contributed by atoms with Gasteiger partial charge in [-0.1, -0.05) is 36.4 Å². The number of benzene rings is 5. The molecule has 2 aliphatic rings. The zero-order valence-electron chi connectivity index (χ0n) is 33.9. The minimum Gasteiger partial charge on any atom is -0.495 e. The fraction of sp³-hybridized carbons (Fsp3) is 0.267. The van der Waals surface area contributed by atoms with Crippen LogP contribution in [-0.4, -0.2) is 62.0 Å². The quantitative estimate of drug-likeness (QED) is 0.105. The molecule has 5 aromatic rings. The normalized spacial score (nSPS) is 14.3. The number of esters is 2. The van der Waals surface area contributed by atoms with E-state index in [1.54, 1.807) is 106 Å². The van der Waals surface area contributed by atoms with E-state index in [0.717, 1.165) is 22.3 Å². The number of ether oxygens (including phenoxy) is 3. The van der Waals surface area contributed by atoms with Crippen LogP contribution in [0.25, 0.3) is 0 Å². The smallest absolute Gasteiger partial charge is 0.345 e. The number of fused-ring (bicyclic) bond motifs is 2. The van der Waals surface area contributed by atoms with Crippen molar-refractivity contribution in [3.05, 3.63) is 136 Å². The lowest BCUT2D eigenvalue weighted by atomic mass is 10.00. The van der Waals surface area contributed by atoms with Crippen molar-refractivity contribution >= 4 is 55.0 Å². The Hall–Kier alpha value is -6.19. The Morgan fingerprint density at radius 1 is 0.633 bits per heavy atom. The monoisotopic (exact) mass is 851 g/mol. The minimum atomic E-state index is -4.07. The van der Waals surface area contributed by atoms with Crippen LogP contribution in [0.3, 0.4) is 0 Å². The average molecular weight is 852 g/mol. The highest BCUT2D eigenvalue weighted by atomic mass is 32.2. The Bertz CT molecular complexity index is 2730. The summed E-state index contributed by atoms with van der Waals surface area (Å²) in [4.78, 5) is 40.1. The molecule has 0 fully saturated rings. The number of sulfonamides is 2. The molecule has 0 aromatic heterocycles. The summed E-state index contributed by atoms with van der Waals surface area (Å²) in [6.07, 6.45) is 2.45. The number of nitrogens with zero attached hydrogens (tertiary/aromatic N) is 2. The third kappa shape index (κ3) is 8.19. The number of anilines is 3. The van der Waals surface area contributed by atoms with Crippen molar-refractivity contribution < 1.29 is 45.4 Å². The Labute approximate surface area is 350 Å². The molecule has 2 aliphatic heterocycles. The maximum atomic E-state index is 14.0. The van der Waals surface area contributed by atoms with Gasteiger partial charge in [0.25, 0.3) is 26.0 Å². The second-order valence-corrected chi connectivity index (χ2v) is 18.5. The third-order valence-electron chi connectivity index (χ3n) is 10.8. The van der Waals surface area contributed by atoms with E-state index in [1.165, 1.54) is 35.0 Å². The Morgan fingerprint density at radius 2 is 1.12 bits per heavy atom. The molecule has 2 heterocycles. The zero-order valence-corrected chi connectivity index (χ0v) is 35.5. The molecule has 1 amide bonds. The van der Waals surface area contributed by atoms with Crippen LogP contribution in [0.2, 0.25) is 0 Å². The van der Waals surface area contributed by atoms with E-state index in [-0.39, 0.29) is 45.5 Å². The molecule has 0 saturated carbocycles. The largest absolute Gasteiger partial charge is 0.495 e. The van der Waals surface area contributed by atoms with Gasteiger partial charge in [-0.15, -0.1) is 0 Å². The van der Waals surface area contributed by atoms with Gasteiger partial charge in [-0.25, -0.2) is 21.6 Å². The van der Waals surface area contributed by atoms with Crippen molar-refractivity contribution in [2.75, 3.05) is 41.2 Å². The van der Waals surface area contributed by atoms with Gasteiger partial charge in [0.1, 0.15) is 21.3 Å². The van der Waals surface area contributed by atoms with Gasteiger partial charge < -0.3 is 19.5 Å². The summed E-state index contributed by atoms with van der Waals surface area (Å²) >= 11 is 0. The van der Waals surface area contributed by atoms with Gasteiger partial charge in [0.15, 0.2) is 0 Å². The summed E-state index contributed by atoms with van der Waals surface area (Å²) in [6.45, 7) is 5.61. The maximum Gasteiger partial charge on any atom is 0.345 e. The van der Waals surface area contributed by atoms with Crippen LogP contribution in [0.5, 0.6) is 11.5 Å². The van der Waals surface area contributed by atoms with Gasteiger partial charge in [0, 0.05) is 24.3 Å². The zero-order chi connectivity index (χ0) is 42.9. The topological polar surface area (TPSA) is 166 Å². The maximum absolute atomic E-state index is 14.0. The number of methoxy groups -OCH3 is 2. The SMILES string of the molecule is COc1ccc(C)cc1S(=O)(=O)N1CCCc2ccc(C(=O)Nc3ccc(C(C)C(=O)OC(=O)c4ccc5c(c4)N(S(=O)(=O)c4cc(C)ccc4OC)CCC5)cc3)cc21. The van der Waals surface area contributed by atoms with Crippen molar-refractivity contribution in [2.45, 2.75) is 62.2 Å². The fourth-order valence-corrected chi connectivity index (χ4v) is 11.0. The van der Waals surface area contributed by atoms with E-state index >= 15 is 0 Å². The number of amides is 1. The fourth-order valence-electron chi connectivity index (χ4n) is 7.49. The highest BCUT2D eigenvalue weighted by Crippen LogP contribution is 2.38. The van der Waals surface area contributed by atoms with Crippen molar-refractivity contribution in [2.24, 2.45) is 0 Å². The average Bonchev–Trinajstić information content (AvgIpc) is 3.25. The van der Waals surface area contributed by atoms with Gasteiger partial charge in [-0.3, -0.25) is 18.2 Å². The highest BCUT2D eigenvalue weighted by molar-refractivity contribution is 7.93. The van der Waals surface area contributed by atoms with Crippen molar-refractivity contribution in [3.8, 4) is 11.5 Å². The first-order valence-corrected chi connectivity index (χ1v) is 22.3. The lowest BCUT2D eigenvalue weighted by molar-refractivity contribution is -0.139. The van der Waals surface area contributed by atoms with Gasteiger partial charge in [-0.05, 0) is 135 Å². The lowest BCUT2D eigenvalue weighted by Gasteiger charge is -2.31. The first-order chi connectivity index (χ1) is 28.6. The Balaban J connectivity index is 1.03. The van der Waals surface area contributed by atoms with E-state index in [9.17, 15) is 31.2 Å². The molecule has 1 N–H and O–H groups in total. The van der Waals surface area contributed by atoms with Gasteiger partial charge in [0.05, 0.1) is 37.1 Å². The number of hydrogen-bond acceptors (Lipinski definition) is 10. The van der Waals surface area contributed by atoms with Crippen LogP contribution in [0.4, 0.5) is 17.1 Å². The van der Waals surface area contributed by atoms with Crippen LogP contribution >= 0.6 is 0 Å². The van der Waals surface area contributed by atoms with Crippen LogP contribution in [-0.2, 0) is 42.4 Å².